The molecular weight excluding hydrogens is 293 g/mol. The van der Waals surface area contributed by atoms with Crippen LogP contribution in [0.1, 0.15) is 6.92 Å². The van der Waals surface area contributed by atoms with Gasteiger partial charge in [0.25, 0.3) is 0 Å². The van der Waals surface area contributed by atoms with E-state index in [1.54, 1.807) is 6.07 Å². The van der Waals surface area contributed by atoms with Crippen LogP contribution in [-0.4, -0.2) is 19.8 Å². The van der Waals surface area contributed by atoms with Crippen LogP contribution in [0.15, 0.2) is 42.5 Å². The molecule has 0 spiro atoms. The van der Waals surface area contributed by atoms with Gasteiger partial charge < -0.3 is 14.8 Å². The van der Waals surface area contributed by atoms with Crippen LogP contribution in [0.5, 0.6) is 11.5 Å². The van der Waals surface area contributed by atoms with Crippen molar-refractivity contribution in [2.75, 3.05) is 25.1 Å². The summed E-state index contributed by atoms with van der Waals surface area (Å²) in [6, 6.07) is 11.8. The van der Waals surface area contributed by atoms with E-state index in [1.165, 1.54) is 12.1 Å². The van der Waals surface area contributed by atoms with Crippen molar-refractivity contribution in [3.8, 4) is 11.5 Å². The lowest BCUT2D eigenvalue weighted by atomic mass is 10.3. The average molecular weight is 310 g/mol. The monoisotopic (exact) mass is 309 g/mol. The molecule has 2 aromatic rings. The fourth-order valence-corrected chi connectivity index (χ4v) is 2.00. The summed E-state index contributed by atoms with van der Waals surface area (Å²) in [6.07, 6.45) is 0. The van der Waals surface area contributed by atoms with Crippen molar-refractivity contribution < 1.29 is 13.9 Å². The van der Waals surface area contributed by atoms with E-state index >= 15 is 0 Å². The first-order chi connectivity index (χ1) is 10.2. The zero-order valence-electron chi connectivity index (χ0n) is 11.7. The van der Waals surface area contributed by atoms with Crippen LogP contribution in [0, 0.1) is 5.82 Å². The summed E-state index contributed by atoms with van der Waals surface area (Å²) in [4.78, 5) is 0. The highest BCUT2D eigenvalue weighted by Crippen LogP contribution is 2.26. The second-order valence-corrected chi connectivity index (χ2v) is 4.72. The Hall–Kier alpha value is -1.94. The van der Waals surface area contributed by atoms with Gasteiger partial charge in [-0.05, 0) is 37.3 Å². The van der Waals surface area contributed by atoms with Crippen LogP contribution in [0.4, 0.5) is 10.1 Å². The third-order valence-corrected chi connectivity index (χ3v) is 2.99. The molecule has 0 aliphatic heterocycles. The maximum atomic E-state index is 13.5. The maximum Gasteiger partial charge on any atom is 0.161 e. The zero-order chi connectivity index (χ0) is 15.1. The summed E-state index contributed by atoms with van der Waals surface area (Å²) < 4.78 is 24.6. The van der Waals surface area contributed by atoms with Crippen molar-refractivity contribution >= 4 is 17.3 Å². The highest BCUT2D eigenvalue weighted by Gasteiger charge is 2.04. The molecule has 0 radical (unpaired) electrons. The molecule has 0 aromatic heterocycles. The molecule has 0 aliphatic carbocycles. The van der Waals surface area contributed by atoms with Gasteiger partial charge in [-0.2, -0.15) is 0 Å². The quantitative estimate of drug-likeness (QED) is 0.770. The molecular formula is C16H17ClFNO2. The molecule has 0 heterocycles. The Kier molecular flexibility index (Phi) is 5.69. The van der Waals surface area contributed by atoms with Crippen LogP contribution in [0.3, 0.4) is 0 Å². The molecule has 3 nitrogen and oxygen atoms in total. The molecule has 112 valence electrons. The topological polar surface area (TPSA) is 30.5 Å². The second kappa shape index (κ2) is 7.74. The van der Waals surface area contributed by atoms with E-state index in [0.717, 1.165) is 0 Å². The van der Waals surface area contributed by atoms with Gasteiger partial charge in [0.2, 0.25) is 0 Å². The normalized spacial score (nSPS) is 10.2. The Morgan fingerprint density at radius 2 is 1.81 bits per heavy atom. The summed E-state index contributed by atoms with van der Waals surface area (Å²) in [5.74, 6) is 1.04. The highest BCUT2D eigenvalue weighted by molar-refractivity contribution is 6.30. The molecule has 0 aliphatic rings. The summed E-state index contributed by atoms with van der Waals surface area (Å²) in [6.45, 7) is 3.33. The van der Waals surface area contributed by atoms with Crippen LogP contribution in [0.25, 0.3) is 0 Å². The van der Waals surface area contributed by atoms with Crippen LogP contribution in [-0.2, 0) is 0 Å². The minimum absolute atomic E-state index is 0.339. The van der Waals surface area contributed by atoms with E-state index < -0.39 is 0 Å². The van der Waals surface area contributed by atoms with Crippen LogP contribution >= 0.6 is 11.6 Å². The molecule has 0 atom stereocenters. The smallest absolute Gasteiger partial charge is 0.161 e. The third kappa shape index (κ3) is 4.53. The number of hydrogen-bond acceptors (Lipinski definition) is 3. The number of rotatable bonds is 7. The van der Waals surface area contributed by atoms with Gasteiger partial charge in [-0.15, -0.1) is 0 Å². The molecule has 0 bridgehead atoms. The number of anilines is 1. The first-order valence-corrected chi connectivity index (χ1v) is 7.12. The van der Waals surface area contributed by atoms with E-state index in [2.05, 4.69) is 5.32 Å². The minimum Gasteiger partial charge on any atom is -0.490 e. The van der Waals surface area contributed by atoms with Gasteiger partial charge in [0.05, 0.1) is 12.3 Å². The Morgan fingerprint density at radius 1 is 1.10 bits per heavy atom. The lowest BCUT2D eigenvalue weighted by molar-refractivity contribution is 0.284. The molecule has 0 fully saturated rings. The van der Waals surface area contributed by atoms with E-state index in [-0.39, 0.29) is 5.82 Å². The van der Waals surface area contributed by atoms with Crippen molar-refractivity contribution in [3.63, 3.8) is 0 Å². The summed E-state index contributed by atoms with van der Waals surface area (Å²) in [5, 5.41) is 3.44. The van der Waals surface area contributed by atoms with Crippen molar-refractivity contribution in [1.82, 2.24) is 0 Å². The molecule has 21 heavy (non-hydrogen) atoms. The van der Waals surface area contributed by atoms with Gasteiger partial charge in [0.15, 0.2) is 11.5 Å². The van der Waals surface area contributed by atoms with E-state index in [0.29, 0.717) is 42.0 Å². The van der Waals surface area contributed by atoms with Crippen molar-refractivity contribution in [1.29, 1.82) is 0 Å². The fourth-order valence-electron chi connectivity index (χ4n) is 1.82. The van der Waals surface area contributed by atoms with Gasteiger partial charge in [-0.3, -0.25) is 0 Å². The predicted molar refractivity (Wildman–Crippen MR) is 83.0 cm³/mol. The van der Waals surface area contributed by atoms with Crippen LogP contribution < -0.4 is 14.8 Å². The number of benzene rings is 2. The molecule has 0 unspecified atom stereocenters. The van der Waals surface area contributed by atoms with Gasteiger partial charge in [0, 0.05) is 11.6 Å². The molecule has 2 rings (SSSR count). The molecule has 1 N–H and O–H groups in total. The van der Waals surface area contributed by atoms with Crippen molar-refractivity contribution in [3.05, 3.63) is 53.3 Å². The number of hydrogen-bond donors (Lipinski definition) is 1. The van der Waals surface area contributed by atoms with Crippen molar-refractivity contribution in [2.45, 2.75) is 6.92 Å². The third-order valence-electron chi connectivity index (χ3n) is 2.75. The second-order valence-electron chi connectivity index (χ2n) is 4.28. The fraction of sp³-hybridized carbons (Fsp3) is 0.250. The summed E-state index contributed by atoms with van der Waals surface area (Å²) in [7, 11) is 0. The standard InChI is InChI=1S/C16H17ClFNO2/c1-2-20-15-5-3-4-6-16(15)21-10-9-19-14-11-12(17)7-8-13(14)18/h3-8,11,19H,2,9-10H2,1H3. The molecule has 2 aromatic carbocycles. The largest absolute Gasteiger partial charge is 0.490 e. The lowest BCUT2D eigenvalue weighted by Crippen LogP contribution is -2.12. The number of nitrogens with one attached hydrogen (secondary N) is 1. The Bertz CT molecular complexity index is 592. The predicted octanol–water partition coefficient (Wildman–Crippen LogP) is 4.37. The maximum absolute atomic E-state index is 13.5. The number of ether oxygens (including phenoxy) is 2. The molecule has 5 heteroatoms. The number of halogens is 2. The zero-order valence-corrected chi connectivity index (χ0v) is 12.5. The van der Waals surface area contributed by atoms with Crippen molar-refractivity contribution in [2.24, 2.45) is 0 Å². The van der Waals surface area contributed by atoms with E-state index in [4.69, 9.17) is 21.1 Å². The van der Waals surface area contributed by atoms with Gasteiger partial charge >= 0.3 is 0 Å². The minimum atomic E-state index is -0.339. The Balaban J connectivity index is 1.86. The Labute approximate surface area is 128 Å². The molecule has 0 saturated heterocycles. The lowest BCUT2D eigenvalue weighted by Gasteiger charge is -2.12. The average Bonchev–Trinajstić information content (AvgIpc) is 2.49. The Morgan fingerprint density at radius 3 is 2.52 bits per heavy atom. The first-order valence-electron chi connectivity index (χ1n) is 6.74. The molecule has 0 amide bonds. The summed E-state index contributed by atoms with van der Waals surface area (Å²) in [5.41, 5.74) is 0.365. The molecule has 0 saturated carbocycles. The van der Waals surface area contributed by atoms with E-state index in [1.807, 2.05) is 31.2 Å². The van der Waals surface area contributed by atoms with Crippen LogP contribution in [0.2, 0.25) is 5.02 Å². The SMILES string of the molecule is CCOc1ccccc1OCCNc1cc(Cl)ccc1F. The number of para-hydroxylation sites is 2. The highest BCUT2D eigenvalue weighted by atomic mass is 35.5. The van der Waals surface area contributed by atoms with Gasteiger partial charge in [-0.1, -0.05) is 23.7 Å². The van der Waals surface area contributed by atoms with E-state index in [9.17, 15) is 4.39 Å². The first kappa shape index (κ1) is 15.4. The van der Waals surface area contributed by atoms with Gasteiger partial charge in [-0.25, -0.2) is 4.39 Å². The summed E-state index contributed by atoms with van der Waals surface area (Å²) >= 11 is 5.83. The van der Waals surface area contributed by atoms with Gasteiger partial charge in [0.1, 0.15) is 12.4 Å².